The average molecular weight is 486 g/mol. The normalized spacial score (nSPS) is 19.7. The molecule has 3 heterocycles. The summed E-state index contributed by atoms with van der Waals surface area (Å²) in [6.07, 6.45) is 2.07. The number of imide groups is 1. The summed E-state index contributed by atoms with van der Waals surface area (Å²) in [5.74, 6) is -0.304. The van der Waals surface area contributed by atoms with Gasteiger partial charge in [-0.15, -0.1) is 0 Å². The van der Waals surface area contributed by atoms with Gasteiger partial charge in [-0.3, -0.25) is 24.0 Å². The Morgan fingerprint density at radius 1 is 1.11 bits per heavy atom. The molecule has 1 atom stereocenters. The molecule has 35 heavy (non-hydrogen) atoms. The number of amides is 3. The zero-order chi connectivity index (χ0) is 25.5. The molecule has 0 saturated carbocycles. The number of hydrogen-bond donors (Lipinski definition) is 1. The molecule has 0 radical (unpaired) electrons. The number of hydrogen-bond acceptors (Lipinski definition) is 6. The van der Waals surface area contributed by atoms with Crippen LogP contribution in [0.2, 0.25) is 0 Å². The van der Waals surface area contributed by atoms with Crippen molar-refractivity contribution in [3.8, 4) is 0 Å². The van der Waals surface area contributed by atoms with Crippen molar-refractivity contribution in [3.05, 3.63) is 28.7 Å². The lowest BCUT2D eigenvalue weighted by molar-refractivity contribution is -0.135. The van der Waals surface area contributed by atoms with E-state index in [9.17, 15) is 19.2 Å². The topological polar surface area (TPSA) is 106 Å². The van der Waals surface area contributed by atoms with E-state index >= 15 is 0 Å². The second kappa shape index (κ2) is 9.39. The maximum absolute atomic E-state index is 13.0. The lowest BCUT2D eigenvalue weighted by atomic mass is 9.96. The van der Waals surface area contributed by atoms with E-state index in [2.05, 4.69) is 10.2 Å². The zero-order valence-electron chi connectivity index (χ0n) is 21.2. The van der Waals surface area contributed by atoms with Gasteiger partial charge in [0, 0.05) is 45.8 Å². The van der Waals surface area contributed by atoms with Crippen molar-refractivity contribution in [1.82, 2.24) is 19.4 Å². The number of fused-ring (bicyclic) bond motifs is 1. The van der Waals surface area contributed by atoms with Crippen molar-refractivity contribution in [3.63, 3.8) is 0 Å². The van der Waals surface area contributed by atoms with Gasteiger partial charge in [0.2, 0.25) is 11.8 Å². The van der Waals surface area contributed by atoms with Crippen LogP contribution in [0.4, 0.5) is 10.5 Å². The highest BCUT2D eigenvalue weighted by molar-refractivity contribution is 6.00. The summed E-state index contributed by atoms with van der Waals surface area (Å²) in [5, 5.41) is 2.34. The quantitative estimate of drug-likeness (QED) is 0.667. The van der Waals surface area contributed by atoms with Crippen molar-refractivity contribution < 1.29 is 19.1 Å². The van der Waals surface area contributed by atoms with Crippen LogP contribution in [0, 0.1) is 5.92 Å². The van der Waals surface area contributed by atoms with Gasteiger partial charge < -0.3 is 14.5 Å². The number of nitrogens with one attached hydrogen (secondary N) is 1. The Morgan fingerprint density at radius 3 is 2.43 bits per heavy atom. The number of carbonyl (C=O) groups is 3. The Hall–Kier alpha value is -3.30. The number of imidazole rings is 1. The number of aromatic nitrogens is 2. The average Bonchev–Trinajstić information content (AvgIpc) is 3.03. The Morgan fingerprint density at radius 2 is 1.80 bits per heavy atom. The fourth-order valence-electron chi connectivity index (χ4n) is 4.94. The van der Waals surface area contributed by atoms with E-state index in [0.717, 1.165) is 30.6 Å². The summed E-state index contributed by atoms with van der Waals surface area (Å²) in [4.78, 5) is 53.2. The van der Waals surface area contributed by atoms with E-state index in [1.54, 1.807) is 16.5 Å². The van der Waals surface area contributed by atoms with Crippen LogP contribution >= 0.6 is 0 Å². The highest BCUT2D eigenvalue weighted by Gasteiger charge is 2.31. The Bertz CT molecular complexity index is 1200. The SMILES string of the molecule is CN(CC1CCN(C(=O)OC(C)(C)C)CC1)c1ccc2c(c1)n(C)c(=O)n2C1CCC(=O)NC1=O. The van der Waals surface area contributed by atoms with Gasteiger partial charge in [0.1, 0.15) is 11.6 Å². The number of piperidine rings is 2. The number of aryl methyl sites for hydroxylation is 1. The van der Waals surface area contributed by atoms with Crippen molar-refractivity contribution in [2.45, 2.75) is 58.1 Å². The predicted molar refractivity (Wildman–Crippen MR) is 132 cm³/mol. The summed E-state index contributed by atoms with van der Waals surface area (Å²) < 4.78 is 8.53. The molecule has 0 aliphatic carbocycles. The summed E-state index contributed by atoms with van der Waals surface area (Å²) in [6, 6.07) is 5.11. The van der Waals surface area contributed by atoms with Gasteiger partial charge in [0.25, 0.3) is 0 Å². The molecule has 4 rings (SSSR count). The largest absolute Gasteiger partial charge is 0.444 e. The smallest absolute Gasteiger partial charge is 0.410 e. The molecule has 10 heteroatoms. The fraction of sp³-hybridized carbons (Fsp3) is 0.600. The molecular formula is C25H35N5O5. The van der Waals surface area contributed by atoms with E-state index in [-0.39, 0.29) is 24.1 Å². The lowest BCUT2D eigenvalue weighted by Gasteiger charge is -2.35. The molecule has 1 N–H and O–H groups in total. The van der Waals surface area contributed by atoms with Crippen LogP contribution in [-0.2, 0) is 21.4 Å². The summed E-state index contributed by atoms with van der Waals surface area (Å²) in [6.45, 7) is 7.80. The van der Waals surface area contributed by atoms with E-state index in [0.29, 0.717) is 30.9 Å². The predicted octanol–water partition coefficient (Wildman–Crippen LogP) is 2.40. The number of anilines is 1. The van der Waals surface area contributed by atoms with E-state index in [4.69, 9.17) is 4.74 Å². The molecule has 2 aliphatic heterocycles. The van der Waals surface area contributed by atoms with Crippen LogP contribution in [-0.4, -0.2) is 64.2 Å². The Labute approximate surface area is 204 Å². The fourth-order valence-corrected chi connectivity index (χ4v) is 4.94. The maximum atomic E-state index is 13.0. The maximum Gasteiger partial charge on any atom is 0.410 e. The van der Waals surface area contributed by atoms with Crippen LogP contribution in [0.15, 0.2) is 23.0 Å². The number of rotatable bonds is 4. The van der Waals surface area contributed by atoms with Gasteiger partial charge in [-0.1, -0.05) is 0 Å². The van der Waals surface area contributed by atoms with Crippen LogP contribution in [0.3, 0.4) is 0 Å². The standard InChI is InChI=1S/C25H35N5O5/c1-25(2,3)35-24(34)29-12-10-16(11-13-29)15-27(4)17-6-7-18-20(14-17)28(5)23(33)30(18)19-8-9-21(31)26-22(19)32/h6-7,14,16,19H,8-13,15H2,1-5H3,(H,26,31,32). The monoisotopic (exact) mass is 485 g/mol. The first-order chi connectivity index (χ1) is 16.4. The Balaban J connectivity index is 1.45. The first-order valence-electron chi connectivity index (χ1n) is 12.2. The third-order valence-electron chi connectivity index (χ3n) is 6.83. The molecule has 3 amide bonds. The van der Waals surface area contributed by atoms with Gasteiger partial charge >= 0.3 is 11.8 Å². The molecule has 2 saturated heterocycles. The molecule has 190 valence electrons. The molecule has 10 nitrogen and oxygen atoms in total. The highest BCUT2D eigenvalue weighted by atomic mass is 16.6. The zero-order valence-corrected chi connectivity index (χ0v) is 21.2. The molecule has 0 spiro atoms. The molecule has 1 aromatic heterocycles. The van der Waals surface area contributed by atoms with Gasteiger partial charge in [-0.2, -0.15) is 0 Å². The molecule has 1 aromatic carbocycles. The number of likely N-dealkylation sites (tertiary alicyclic amines) is 1. The van der Waals surface area contributed by atoms with Crippen molar-refractivity contribution >= 4 is 34.6 Å². The number of carbonyl (C=O) groups excluding carboxylic acids is 3. The second-order valence-corrected chi connectivity index (χ2v) is 10.6. The lowest BCUT2D eigenvalue weighted by Crippen LogP contribution is -2.44. The van der Waals surface area contributed by atoms with Crippen LogP contribution in [0.25, 0.3) is 11.0 Å². The van der Waals surface area contributed by atoms with Crippen molar-refractivity contribution in [2.24, 2.45) is 13.0 Å². The van der Waals surface area contributed by atoms with Crippen LogP contribution in [0.1, 0.15) is 52.5 Å². The van der Waals surface area contributed by atoms with Crippen molar-refractivity contribution in [1.29, 1.82) is 0 Å². The minimum absolute atomic E-state index is 0.215. The molecule has 2 aliphatic rings. The third-order valence-corrected chi connectivity index (χ3v) is 6.83. The summed E-state index contributed by atoms with van der Waals surface area (Å²) in [7, 11) is 3.72. The number of benzene rings is 1. The Kier molecular flexibility index (Phi) is 6.66. The minimum Gasteiger partial charge on any atom is -0.444 e. The third kappa shape index (κ3) is 5.21. The first kappa shape index (κ1) is 24.8. The molecule has 1 unspecified atom stereocenters. The molecule has 0 bridgehead atoms. The summed E-state index contributed by atoms with van der Waals surface area (Å²) >= 11 is 0. The molecule has 2 fully saturated rings. The van der Waals surface area contributed by atoms with E-state index in [1.807, 2.05) is 46.0 Å². The van der Waals surface area contributed by atoms with Gasteiger partial charge in [0.05, 0.1) is 11.0 Å². The minimum atomic E-state index is -0.692. The number of nitrogens with zero attached hydrogens (tertiary/aromatic N) is 4. The number of ether oxygens (including phenoxy) is 1. The van der Waals surface area contributed by atoms with E-state index in [1.165, 1.54) is 4.57 Å². The van der Waals surface area contributed by atoms with Crippen molar-refractivity contribution in [2.75, 3.05) is 31.6 Å². The highest BCUT2D eigenvalue weighted by Crippen LogP contribution is 2.28. The van der Waals surface area contributed by atoms with Gasteiger partial charge in [-0.05, 0) is 64.2 Å². The first-order valence-corrected chi connectivity index (χ1v) is 12.2. The second-order valence-electron chi connectivity index (χ2n) is 10.6. The molecule has 2 aromatic rings. The molecular weight excluding hydrogens is 450 g/mol. The summed E-state index contributed by atoms with van der Waals surface area (Å²) in [5.41, 5.74) is 1.62. The van der Waals surface area contributed by atoms with Crippen LogP contribution in [0.5, 0.6) is 0 Å². The van der Waals surface area contributed by atoms with Crippen LogP contribution < -0.4 is 15.9 Å². The van der Waals surface area contributed by atoms with Gasteiger partial charge in [0.15, 0.2) is 0 Å². The van der Waals surface area contributed by atoms with E-state index < -0.39 is 17.6 Å². The van der Waals surface area contributed by atoms with Gasteiger partial charge in [-0.25, -0.2) is 9.59 Å².